The molecule has 2 aliphatic carbocycles. The molecule has 0 aliphatic heterocycles. The molecule has 2 fully saturated rings. The van der Waals surface area contributed by atoms with Crippen LogP contribution in [0, 0.1) is 17.8 Å². The Morgan fingerprint density at radius 2 is 2.18 bits per heavy atom. The van der Waals surface area contributed by atoms with Crippen molar-refractivity contribution in [3.05, 3.63) is 0 Å². The van der Waals surface area contributed by atoms with E-state index < -0.39 is 0 Å². The van der Waals surface area contributed by atoms with Gasteiger partial charge in [0.15, 0.2) is 0 Å². The lowest BCUT2D eigenvalue weighted by molar-refractivity contribution is -0.141. The molecule has 0 aromatic heterocycles. The minimum atomic E-state index is -0.0997. The molecule has 0 spiro atoms. The maximum absolute atomic E-state index is 11.2. The van der Waals surface area contributed by atoms with Gasteiger partial charge in [-0.2, -0.15) is 0 Å². The van der Waals surface area contributed by atoms with Gasteiger partial charge in [0.05, 0.1) is 13.5 Å². The minimum Gasteiger partial charge on any atom is -0.469 e. The summed E-state index contributed by atoms with van der Waals surface area (Å²) >= 11 is 0. The van der Waals surface area contributed by atoms with E-state index in [1.54, 1.807) is 0 Å². The normalized spacial score (nSPS) is 33.1. The zero-order valence-corrected chi connectivity index (χ0v) is 11.3. The molecular formula is C14H25NO2. The first-order chi connectivity index (χ1) is 8.10. The van der Waals surface area contributed by atoms with E-state index >= 15 is 0 Å². The van der Waals surface area contributed by atoms with E-state index in [2.05, 4.69) is 18.9 Å². The van der Waals surface area contributed by atoms with Gasteiger partial charge in [-0.05, 0) is 51.0 Å². The highest BCUT2D eigenvalue weighted by atomic mass is 16.5. The van der Waals surface area contributed by atoms with E-state index in [-0.39, 0.29) is 5.97 Å². The molecule has 0 aromatic carbocycles. The molecule has 0 radical (unpaired) electrons. The van der Waals surface area contributed by atoms with Crippen LogP contribution in [0.15, 0.2) is 0 Å². The molecule has 2 aliphatic rings. The minimum absolute atomic E-state index is 0.0997. The van der Waals surface area contributed by atoms with Gasteiger partial charge in [0.2, 0.25) is 0 Å². The summed E-state index contributed by atoms with van der Waals surface area (Å²) in [6.07, 6.45) is 6.29. The fourth-order valence-electron chi connectivity index (χ4n) is 3.63. The lowest BCUT2D eigenvalue weighted by Crippen LogP contribution is -2.36. The van der Waals surface area contributed by atoms with E-state index in [1.165, 1.54) is 32.8 Å². The van der Waals surface area contributed by atoms with Gasteiger partial charge in [0.25, 0.3) is 0 Å². The van der Waals surface area contributed by atoms with Crippen LogP contribution < -0.4 is 0 Å². The molecule has 3 nitrogen and oxygen atoms in total. The van der Waals surface area contributed by atoms with Crippen LogP contribution in [0.2, 0.25) is 0 Å². The molecule has 2 bridgehead atoms. The molecule has 4 atom stereocenters. The first kappa shape index (κ1) is 12.9. The molecule has 2 rings (SSSR count). The average molecular weight is 239 g/mol. The second-order valence-corrected chi connectivity index (χ2v) is 6.00. The van der Waals surface area contributed by atoms with E-state index in [1.807, 2.05) is 0 Å². The Morgan fingerprint density at radius 1 is 1.41 bits per heavy atom. The highest BCUT2D eigenvalue weighted by molar-refractivity contribution is 5.69. The molecule has 2 saturated carbocycles. The number of nitrogens with zero attached hydrogens (tertiary/aromatic N) is 1. The Labute approximate surface area is 105 Å². The summed E-state index contributed by atoms with van der Waals surface area (Å²) in [5, 5.41) is 0. The summed E-state index contributed by atoms with van der Waals surface area (Å²) in [5.41, 5.74) is 0. The number of fused-ring (bicyclic) bond motifs is 2. The fourth-order valence-corrected chi connectivity index (χ4v) is 3.63. The molecule has 0 aromatic rings. The number of methoxy groups -OCH3 is 1. The Balaban J connectivity index is 1.76. The smallest absolute Gasteiger partial charge is 0.307 e. The van der Waals surface area contributed by atoms with Gasteiger partial charge in [-0.1, -0.05) is 6.42 Å². The van der Waals surface area contributed by atoms with Crippen LogP contribution in [-0.2, 0) is 9.53 Å². The SMILES string of the molecule is COC(=O)CC(C)N(C)CC1CC2CCC1C2. The van der Waals surface area contributed by atoms with E-state index in [9.17, 15) is 4.79 Å². The summed E-state index contributed by atoms with van der Waals surface area (Å²) < 4.78 is 4.72. The Kier molecular flexibility index (Phi) is 4.08. The van der Waals surface area contributed by atoms with E-state index in [0.717, 1.165) is 24.3 Å². The van der Waals surface area contributed by atoms with E-state index in [0.29, 0.717) is 12.5 Å². The number of rotatable bonds is 5. The van der Waals surface area contributed by atoms with Crippen LogP contribution in [0.1, 0.15) is 39.0 Å². The van der Waals surface area contributed by atoms with Gasteiger partial charge in [-0.3, -0.25) is 4.79 Å². The molecule has 0 N–H and O–H groups in total. The Morgan fingerprint density at radius 3 is 2.71 bits per heavy atom. The quantitative estimate of drug-likeness (QED) is 0.689. The summed E-state index contributed by atoms with van der Waals surface area (Å²) in [6, 6.07) is 0.293. The molecule has 4 unspecified atom stereocenters. The summed E-state index contributed by atoms with van der Waals surface area (Å²) in [4.78, 5) is 13.6. The number of carbonyl (C=O) groups is 1. The third-order valence-electron chi connectivity index (χ3n) is 4.85. The molecule has 17 heavy (non-hydrogen) atoms. The monoisotopic (exact) mass is 239 g/mol. The fraction of sp³-hybridized carbons (Fsp3) is 0.929. The number of ether oxygens (including phenoxy) is 1. The van der Waals surface area contributed by atoms with Gasteiger partial charge >= 0.3 is 5.97 Å². The van der Waals surface area contributed by atoms with Crippen LogP contribution in [0.25, 0.3) is 0 Å². The molecule has 98 valence electrons. The molecule has 3 heteroatoms. The van der Waals surface area contributed by atoms with Crippen LogP contribution in [0.5, 0.6) is 0 Å². The predicted octanol–water partition coefficient (Wildman–Crippen LogP) is 2.31. The lowest BCUT2D eigenvalue weighted by Gasteiger charge is -2.30. The second-order valence-electron chi connectivity index (χ2n) is 6.00. The molecule has 0 heterocycles. The first-order valence-corrected chi connectivity index (χ1v) is 6.87. The standard InChI is InChI=1S/C14H25NO2/c1-10(6-14(16)17-3)15(2)9-13-8-11-4-5-12(13)7-11/h10-13H,4-9H2,1-3H3. The van der Waals surface area contributed by atoms with Crippen LogP contribution in [0.3, 0.4) is 0 Å². The van der Waals surface area contributed by atoms with Crippen molar-refractivity contribution < 1.29 is 9.53 Å². The molecule has 0 saturated heterocycles. The van der Waals surface area contributed by atoms with Crippen molar-refractivity contribution in [2.24, 2.45) is 17.8 Å². The second kappa shape index (κ2) is 5.38. The van der Waals surface area contributed by atoms with Gasteiger partial charge < -0.3 is 9.64 Å². The molecular weight excluding hydrogens is 214 g/mol. The Bertz CT molecular complexity index is 279. The van der Waals surface area contributed by atoms with Crippen LogP contribution in [0.4, 0.5) is 0 Å². The topological polar surface area (TPSA) is 29.5 Å². The third kappa shape index (κ3) is 3.01. The summed E-state index contributed by atoms with van der Waals surface area (Å²) in [5.74, 6) is 2.75. The van der Waals surface area contributed by atoms with Crippen molar-refractivity contribution in [2.75, 3.05) is 20.7 Å². The zero-order valence-electron chi connectivity index (χ0n) is 11.3. The number of esters is 1. The van der Waals surface area contributed by atoms with Gasteiger partial charge in [0, 0.05) is 12.6 Å². The number of hydrogen-bond acceptors (Lipinski definition) is 3. The first-order valence-electron chi connectivity index (χ1n) is 6.87. The van der Waals surface area contributed by atoms with Crippen LogP contribution >= 0.6 is 0 Å². The van der Waals surface area contributed by atoms with Crippen molar-refractivity contribution >= 4 is 5.97 Å². The van der Waals surface area contributed by atoms with Crippen LogP contribution in [-0.4, -0.2) is 37.6 Å². The predicted molar refractivity (Wildman–Crippen MR) is 67.7 cm³/mol. The van der Waals surface area contributed by atoms with Crippen molar-refractivity contribution in [2.45, 2.75) is 45.1 Å². The lowest BCUT2D eigenvalue weighted by atomic mass is 9.88. The number of carbonyl (C=O) groups excluding carboxylic acids is 1. The highest BCUT2D eigenvalue weighted by Gasteiger charge is 2.39. The van der Waals surface area contributed by atoms with Crippen molar-refractivity contribution in [3.8, 4) is 0 Å². The average Bonchev–Trinajstić information content (AvgIpc) is 2.90. The van der Waals surface area contributed by atoms with Crippen molar-refractivity contribution in [3.63, 3.8) is 0 Å². The Hall–Kier alpha value is -0.570. The summed E-state index contributed by atoms with van der Waals surface area (Å²) in [6.45, 7) is 3.27. The highest BCUT2D eigenvalue weighted by Crippen LogP contribution is 2.48. The number of hydrogen-bond donors (Lipinski definition) is 0. The van der Waals surface area contributed by atoms with Crippen molar-refractivity contribution in [1.29, 1.82) is 0 Å². The largest absolute Gasteiger partial charge is 0.469 e. The zero-order chi connectivity index (χ0) is 12.4. The van der Waals surface area contributed by atoms with Gasteiger partial charge in [0.1, 0.15) is 0 Å². The maximum Gasteiger partial charge on any atom is 0.307 e. The van der Waals surface area contributed by atoms with Crippen molar-refractivity contribution in [1.82, 2.24) is 4.90 Å². The van der Waals surface area contributed by atoms with Gasteiger partial charge in [-0.25, -0.2) is 0 Å². The molecule has 0 amide bonds. The maximum atomic E-state index is 11.2. The van der Waals surface area contributed by atoms with E-state index in [4.69, 9.17) is 4.74 Å². The third-order valence-corrected chi connectivity index (χ3v) is 4.85. The van der Waals surface area contributed by atoms with Gasteiger partial charge in [-0.15, -0.1) is 0 Å². The summed E-state index contributed by atoms with van der Waals surface area (Å²) in [7, 11) is 3.60.